The highest BCUT2D eigenvalue weighted by Gasteiger charge is 2.27. The fourth-order valence-corrected chi connectivity index (χ4v) is 1.09. The predicted octanol–water partition coefficient (Wildman–Crippen LogP) is 1.70. The molecular formula is C11H16N2O. The number of ketones is 1. The summed E-state index contributed by atoms with van der Waals surface area (Å²) >= 11 is 0. The normalized spacial score (nSPS) is 14.9. The summed E-state index contributed by atoms with van der Waals surface area (Å²) in [6, 6.07) is 3.59. The quantitative estimate of drug-likeness (QED) is 0.741. The van der Waals surface area contributed by atoms with Crippen LogP contribution in [-0.2, 0) is 0 Å². The van der Waals surface area contributed by atoms with Crippen LogP contribution in [0.15, 0.2) is 18.3 Å². The maximum atomic E-state index is 11.8. The Bertz CT molecular complexity index is 328. The molecule has 0 aliphatic carbocycles. The zero-order valence-electron chi connectivity index (χ0n) is 8.87. The number of aryl methyl sites for hydroxylation is 1. The van der Waals surface area contributed by atoms with Crippen molar-refractivity contribution in [2.75, 3.05) is 0 Å². The number of nitrogens with zero attached hydrogens (tertiary/aromatic N) is 1. The average molecular weight is 192 g/mol. The van der Waals surface area contributed by atoms with Gasteiger partial charge in [-0.3, -0.25) is 9.78 Å². The van der Waals surface area contributed by atoms with Crippen molar-refractivity contribution in [1.82, 2.24) is 4.98 Å². The molecule has 1 unspecified atom stereocenters. The minimum atomic E-state index is -0.781. The first-order chi connectivity index (χ1) is 6.47. The molecule has 1 aromatic heterocycles. The second-order valence-electron chi connectivity index (χ2n) is 3.79. The van der Waals surface area contributed by atoms with E-state index < -0.39 is 5.54 Å². The van der Waals surface area contributed by atoms with Crippen molar-refractivity contribution < 1.29 is 4.79 Å². The number of hydrogen-bond donors (Lipinski definition) is 1. The van der Waals surface area contributed by atoms with Gasteiger partial charge in [0.15, 0.2) is 5.78 Å². The highest BCUT2D eigenvalue weighted by atomic mass is 16.1. The molecule has 0 amide bonds. The van der Waals surface area contributed by atoms with E-state index in [-0.39, 0.29) is 5.78 Å². The van der Waals surface area contributed by atoms with E-state index in [1.54, 1.807) is 19.2 Å². The fraction of sp³-hybridized carbons (Fsp3) is 0.455. The van der Waals surface area contributed by atoms with Crippen molar-refractivity contribution in [1.29, 1.82) is 0 Å². The first-order valence-corrected chi connectivity index (χ1v) is 4.73. The van der Waals surface area contributed by atoms with E-state index in [1.165, 1.54) is 0 Å². The van der Waals surface area contributed by atoms with E-state index in [4.69, 9.17) is 5.73 Å². The van der Waals surface area contributed by atoms with Gasteiger partial charge in [-0.1, -0.05) is 6.92 Å². The number of hydrogen-bond acceptors (Lipinski definition) is 3. The Hall–Kier alpha value is -1.22. The zero-order valence-corrected chi connectivity index (χ0v) is 8.87. The van der Waals surface area contributed by atoms with Crippen LogP contribution in [0.1, 0.15) is 36.3 Å². The van der Waals surface area contributed by atoms with Gasteiger partial charge < -0.3 is 5.73 Å². The Morgan fingerprint density at radius 3 is 2.64 bits per heavy atom. The molecule has 3 nitrogen and oxygen atoms in total. The van der Waals surface area contributed by atoms with Gasteiger partial charge in [-0.15, -0.1) is 0 Å². The van der Waals surface area contributed by atoms with Gasteiger partial charge in [-0.25, -0.2) is 0 Å². The van der Waals surface area contributed by atoms with Gasteiger partial charge in [0.05, 0.1) is 5.54 Å². The van der Waals surface area contributed by atoms with Gasteiger partial charge in [0.25, 0.3) is 0 Å². The van der Waals surface area contributed by atoms with Gasteiger partial charge in [0.2, 0.25) is 0 Å². The van der Waals surface area contributed by atoms with E-state index in [9.17, 15) is 4.79 Å². The molecular weight excluding hydrogens is 176 g/mol. The summed E-state index contributed by atoms with van der Waals surface area (Å²) in [4.78, 5) is 15.9. The van der Waals surface area contributed by atoms with Crippen LogP contribution in [0.2, 0.25) is 0 Å². The number of carbonyl (C=O) groups excluding carboxylic acids is 1. The Balaban J connectivity index is 2.96. The van der Waals surface area contributed by atoms with Crippen molar-refractivity contribution in [2.24, 2.45) is 5.73 Å². The first kappa shape index (κ1) is 10.9. The lowest BCUT2D eigenvalue weighted by atomic mass is 9.90. The van der Waals surface area contributed by atoms with E-state index in [0.717, 1.165) is 5.69 Å². The lowest BCUT2D eigenvalue weighted by Gasteiger charge is -2.20. The molecule has 0 saturated heterocycles. The largest absolute Gasteiger partial charge is 0.319 e. The molecule has 0 aliphatic heterocycles. The van der Waals surface area contributed by atoms with E-state index in [1.807, 2.05) is 19.9 Å². The number of pyridine rings is 1. The molecule has 3 heteroatoms. The highest BCUT2D eigenvalue weighted by Crippen LogP contribution is 2.13. The van der Waals surface area contributed by atoms with Gasteiger partial charge in [-0.05, 0) is 32.4 Å². The van der Waals surface area contributed by atoms with Crippen LogP contribution in [0.3, 0.4) is 0 Å². The third kappa shape index (κ3) is 2.17. The van der Waals surface area contributed by atoms with E-state index in [2.05, 4.69) is 4.98 Å². The molecule has 1 heterocycles. The van der Waals surface area contributed by atoms with Crippen LogP contribution >= 0.6 is 0 Å². The van der Waals surface area contributed by atoms with Crippen molar-refractivity contribution >= 4 is 5.78 Å². The minimum Gasteiger partial charge on any atom is -0.319 e. The smallest absolute Gasteiger partial charge is 0.183 e. The fourth-order valence-electron chi connectivity index (χ4n) is 1.09. The molecule has 14 heavy (non-hydrogen) atoms. The van der Waals surface area contributed by atoms with E-state index >= 15 is 0 Å². The van der Waals surface area contributed by atoms with Crippen LogP contribution in [0, 0.1) is 6.92 Å². The SMILES string of the molecule is CCC(C)(N)C(=O)c1ccc(C)nc1. The summed E-state index contributed by atoms with van der Waals surface area (Å²) in [5.74, 6) is -0.0486. The number of rotatable bonds is 3. The van der Waals surface area contributed by atoms with Crippen molar-refractivity contribution in [3.05, 3.63) is 29.6 Å². The molecule has 0 fully saturated rings. The predicted molar refractivity (Wildman–Crippen MR) is 56.2 cm³/mol. The molecule has 1 rings (SSSR count). The maximum Gasteiger partial charge on any atom is 0.183 e. The summed E-state index contributed by atoms with van der Waals surface area (Å²) in [5, 5.41) is 0. The second-order valence-corrected chi connectivity index (χ2v) is 3.79. The Morgan fingerprint density at radius 1 is 1.57 bits per heavy atom. The summed E-state index contributed by atoms with van der Waals surface area (Å²) in [7, 11) is 0. The molecule has 76 valence electrons. The minimum absolute atomic E-state index is 0.0486. The summed E-state index contributed by atoms with van der Waals surface area (Å²) in [6.07, 6.45) is 2.21. The number of Topliss-reactive ketones (excluding diaryl/α,β-unsaturated/α-hetero) is 1. The van der Waals surface area contributed by atoms with Gasteiger partial charge >= 0.3 is 0 Å². The molecule has 0 saturated carbocycles. The van der Waals surface area contributed by atoms with Crippen LogP contribution in [0.5, 0.6) is 0 Å². The topological polar surface area (TPSA) is 56.0 Å². The Kier molecular flexibility index (Phi) is 3.01. The van der Waals surface area contributed by atoms with Crippen LogP contribution < -0.4 is 5.73 Å². The molecule has 1 aromatic rings. The van der Waals surface area contributed by atoms with Gasteiger partial charge in [0.1, 0.15) is 0 Å². The summed E-state index contributed by atoms with van der Waals surface area (Å²) in [6.45, 7) is 5.53. The van der Waals surface area contributed by atoms with Crippen LogP contribution in [0.25, 0.3) is 0 Å². The summed E-state index contributed by atoms with van der Waals surface area (Å²) in [5.41, 5.74) is 6.56. The molecule has 2 N–H and O–H groups in total. The van der Waals surface area contributed by atoms with Crippen molar-refractivity contribution in [3.63, 3.8) is 0 Å². The summed E-state index contributed by atoms with van der Waals surface area (Å²) < 4.78 is 0. The highest BCUT2D eigenvalue weighted by molar-refractivity contribution is 6.02. The van der Waals surface area contributed by atoms with Crippen LogP contribution in [-0.4, -0.2) is 16.3 Å². The van der Waals surface area contributed by atoms with Crippen molar-refractivity contribution in [3.8, 4) is 0 Å². The first-order valence-electron chi connectivity index (χ1n) is 4.73. The molecule has 1 atom stereocenters. The molecule has 0 bridgehead atoms. The van der Waals surface area contributed by atoms with Crippen molar-refractivity contribution in [2.45, 2.75) is 32.7 Å². The standard InChI is InChI=1S/C11H16N2O/c1-4-11(3,12)10(14)9-6-5-8(2)13-7-9/h5-7H,4,12H2,1-3H3. The number of nitrogens with two attached hydrogens (primary N) is 1. The number of aromatic nitrogens is 1. The molecule has 0 aromatic carbocycles. The van der Waals surface area contributed by atoms with Gasteiger partial charge in [-0.2, -0.15) is 0 Å². The maximum absolute atomic E-state index is 11.8. The third-order valence-corrected chi connectivity index (χ3v) is 2.43. The lowest BCUT2D eigenvalue weighted by Crippen LogP contribution is -2.44. The van der Waals surface area contributed by atoms with Crippen LogP contribution in [0.4, 0.5) is 0 Å². The molecule has 0 radical (unpaired) electrons. The average Bonchev–Trinajstić information content (AvgIpc) is 2.18. The second kappa shape index (κ2) is 3.88. The lowest BCUT2D eigenvalue weighted by molar-refractivity contribution is 0.0897. The zero-order chi connectivity index (χ0) is 10.8. The monoisotopic (exact) mass is 192 g/mol. The molecule has 0 aliphatic rings. The Morgan fingerprint density at radius 2 is 2.21 bits per heavy atom. The third-order valence-electron chi connectivity index (χ3n) is 2.43. The molecule has 0 spiro atoms. The number of carbonyl (C=O) groups is 1. The Labute approximate surface area is 84.3 Å². The van der Waals surface area contributed by atoms with Gasteiger partial charge in [0, 0.05) is 17.5 Å². The van der Waals surface area contributed by atoms with E-state index in [0.29, 0.717) is 12.0 Å².